The van der Waals surface area contributed by atoms with E-state index < -0.39 is 0 Å². The van der Waals surface area contributed by atoms with Crippen LogP contribution < -0.4 is 0 Å². The van der Waals surface area contributed by atoms with Crippen LogP contribution in [0.5, 0.6) is 0 Å². The maximum absolute atomic E-state index is 5.07. The summed E-state index contributed by atoms with van der Waals surface area (Å²) >= 11 is 0. The molecule has 8 rings (SSSR count). The van der Waals surface area contributed by atoms with E-state index in [1.165, 1.54) is 47.1 Å². The third-order valence-corrected chi connectivity index (χ3v) is 10.1. The Morgan fingerprint density at radius 1 is 0.449 bits per heavy atom. The lowest BCUT2D eigenvalue weighted by Gasteiger charge is -2.38. The van der Waals surface area contributed by atoms with Crippen LogP contribution in [0.25, 0.3) is 50.6 Å². The fourth-order valence-corrected chi connectivity index (χ4v) is 7.41. The second-order valence-electron chi connectivity index (χ2n) is 13.1. The summed E-state index contributed by atoms with van der Waals surface area (Å²) in [6.07, 6.45) is 11.5. The highest BCUT2D eigenvalue weighted by Crippen LogP contribution is 2.46. The normalized spacial score (nSPS) is 15.3. The topological polar surface area (TPSA) is 25.8 Å². The van der Waals surface area contributed by atoms with Gasteiger partial charge in [0.1, 0.15) is 0 Å². The summed E-state index contributed by atoms with van der Waals surface area (Å²) in [5.41, 5.74) is 12.3. The van der Waals surface area contributed by atoms with Crippen LogP contribution >= 0.6 is 0 Å². The fourth-order valence-electron chi connectivity index (χ4n) is 7.41. The summed E-state index contributed by atoms with van der Waals surface area (Å²) in [5.74, 6) is 8.05. The van der Waals surface area contributed by atoms with Gasteiger partial charge in [0, 0.05) is 33.3 Å². The molecule has 1 fully saturated rings. The van der Waals surface area contributed by atoms with E-state index in [1.807, 2.05) is 24.3 Å². The second-order valence-corrected chi connectivity index (χ2v) is 13.1. The average molecular weight is 631 g/mol. The molecule has 49 heavy (non-hydrogen) atoms. The lowest BCUT2D eigenvalue weighted by atomic mass is 9.64. The van der Waals surface area contributed by atoms with Crippen molar-refractivity contribution in [3.05, 3.63) is 174 Å². The van der Waals surface area contributed by atoms with Crippen molar-refractivity contribution in [3.63, 3.8) is 0 Å². The zero-order chi connectivity index (χ0) is 32.9. The molecule has 5 aromatic carbocycles. The number of allylic oxidation sites excluding steroid dienone is 4. The van der Waals surface area contributed by atoms with Crippen LogP contribution in [-0.4, -0.2) is 9.97 Å². The van der Waals surface area contributed by atoms with Gasteiger partial charge in [0.05, 0.1) is 11.4 Å². The van der Waals surface area contributed by atoms with Crippen LogP contribution in [0.15, 0.2) is 163 Å². The van der Waals surface area contributed by atoms with E-state index in [-0.39, 0.29) is 5.41 Å². The van der Waals surface area contributed by atoms with E-state index in [9.17, 15) is 0 Å². The van der Waals surface area contributed by atoms with Gasteiger partial charge < -0.3 is 0 Å². The van der Waals surface area contributed by atoms with Gasteiger partial charge in [-0.3, -0.25) is 0 Å². The minimum atomic E-state index is -0.0691. The van der Waals surface area contributed by atoms with Crippen molar-refractivity contribution in [2.45, 2.75) is 43.9 Å². The molecule has 0 atom stereocenters. The number of aromatic nitrogens is 2. The van der Waals surface area contributed by atoms with Gasteiger partial charge in [-0.1, -0.05) is 183 Å². The smallest absolute Gasteiger partial charge is 0.160 e. The van der Waals surface area contributed by atoms with Crippen LogP contribution in [0.3, 0.4) is 0 Å². The van der Waals surface area contributed by atoms with Crippen molar-refractivity contribution in [1.29, 1.82) is 0 Å². The highest BCUT2D eigenvalue weighted by Gasteiger charge is 2.37. The summed E-state index contributed by atoms with van der Waals surface area (Å²) in [4.78, 5) is 10.0. The van der Waals surface area contributed by atoms with Crippen LogP contribution in [-0.2, 0) is 5.41 Å². The molecule has 0 unspecified atom stereocenters. The molecule has 2 aliphatic rings. The van der Waals surface area contributed by atoms with Crippen molar-refractivity contribution in [1.82, 2.24) is 9.97 Å². The molecule has 0 N–H and O–H groups in total. The van der Waals surface area contributed by atoms with Crippen LogP contribution in [0.1, 0.15) is 49.7 Å². The summed E-state index contributed by atoms with van der Waals surface area (Å²) in [7, 11) is 0. The van der Waals surface area contributed by atoms with E-state index in [0.717, 1.165) is 58.7 Å². The predicted octanol–water partition coefficient (Wildman–Crippen LogP) is 11.8. The lowest BCUT2D eigenvalue weighted by Crippen LogP contribution is -2.31. The van der Waals surface area contributed by atoms with Gasteiger partial charge in [-0.05, 0) is 47.6 Å². The molecule has 0 spiro atoms. The lowest BCUT2D eigenvalue weighted by molar-refractivity contribution is 0.346. The Kier molecular flexibility index (Phi) is 8.57. The Morgan fingerprint density at radius 2 is 0.959 bits per heavy atom. The highest BCUT2D eigenvalue weighted by molar-refractivity contribution is 5.82. The second kappa shape index (κ2) is 13.8. The monoisotopic (exact) mass is 630 g/mol. The number of hydrogen-bond acceptors (Lipinski definition) is 2. The highest BCUT2D eigenvalue weighted by atomic mass is 14.9. The number of nitrogens with zero attached hydrogens (tertiary/aromatic N) is 2. The van der Waals surface area contributed by atoms with Gasteiger partial charge in [0.2, 0.25) is 0 Å². The van der Waals surface area contributed by atoms with E-state index >= 15 is 0 Å². The van der Waals surface area contributed by atoms with Crippen molar-refractivity contribution in [2.24, 2.45) is 0 Å². The Morgan fingerprint density at radius 3 is 1.59 bits per heavy atom. The number of benzene rings is 5. The summed E-state index contributed by atoms with van der Waals surface area (Å²) in [6.45, 7) is 0. The summed E-state index contributed by atoms with van der Waals surface area (Å²) < 4.78 is 0. The maximum Gasteiger partial charge on any atom is 0.160 e. The SMILES string of the molecule is C1#CC(C2(c3ccc(-c4cc(-c5ccccc5)nc(-c5ccccc5)n4)cc3)CCCCC2)=CCC=C1c1ccc(-c2ccccc2)cc1. The van der Waals surface area contributed by atoms with E-state index in [4.69, 9.17) is 9.97 Å². The first kappa shape index (κ1) is 30.5. The molecule has 2 heteroatoms. The molecule has 0 radical (unpaired) electrons. The molecule has 2 nitrogen and oxygen atoms in total. The third kappa shape index (κ3) is 6.41. The Hall–Kier alpha value is -5.78. The molecule has 236 valence electrons. The minimum absolute atomic E-state index is 0.0691. The Balaban J connectivity index is 1.10. The Labute approximate surface area is 290 Å². The maximum atomic E-state index is 5.07. The molecule has 1 saturated carbocycles. The summed E-state index contributed by atoms with van der Waals surface area (Å²) in [6, 6.07) is 51.3. The largest absolute Gasteiger partial charge is 0.228 e. The van der Waals surface area contributed by atoms with E-state index in [1.54, 1.807) is 0 Å². The van der Waals surface area contributed by atoms with Crippen molar-refractivity contribution < 1.29 is 0 Å². The zero-order valence-electron chi connectivity index (χ0n) is 27.6. The quantitative estimate of drug-likeness (QED) is 0.164. The Bertz CT molecular complexity index is 2120. The molecule has 1 heterocycles. The average Bonchev–Trinajstić information content (AvgIpc) is 3.46. The first-order valence-corrected chi connectivity index (χ1v) is 17.4. The summed E-state index contributed by atoms with van der Waals surface area (Å²) in [5, 5.41) is 0. The van der Waals surface area contributed by atoms with Gasteiger partial charge >= 0.3 is 0 Å². The van der Waals surface area contributed by atoms with E-state index in [2.05, 4.69) is 145 Å². The molecule has 0 amide bonds. The van der Waals surface area contributed by atoms with Gasteiger partial charge in [0.25, 0.3) is 0 Å². The van der Waals surface area contributed by atoms with Gasteiger partial charge in [0.15, 0.2) is 5.82 Å². The van der Waals surface area contributed by atoms with Gasteiger partial charge in [-0.2, -0.15) is 0 Å². The third-order valence-electron chi connectivity index (χ3n) is 10.1. The fraction of sp³-hybridized carbons (Fsp3) is 0.149. The predicted molar refractivity (Wildman–Crippen MR) is 203 cm³/mol. The van der Waals surface area contributed by atoms with Crippen molar-refractivity contribution in [2.75, 3.05) is 0 Å². The molecule has 0 aliphatic heterocycles. The van der Waals surface area contributed by atoms with Crippen molar-refractivity contribution in [3.8, 4) is 56.9 Å². The van der Waals surface area contributed by atoms with Crippen molar-refractivity contribution >= 4 is 5.57 Å². The molecular formula is C47H38N2. The molecule has 0 saturated heterocycles. The van der Waals surface area contributed by atoms with Gasteiger partial charge in [-0.15, -0.1) is 0 Å². The molecule has 6 aromatic rings. The molecule has 0 bridgehead atoms. The molecule has 2 aliphatic carbocycles. The minimum Gasteiger partial charge on any atom is -0.228 e. The standard InChI is InChI=1S/C47H38N2/c1-5-14-35(15-6-1)37-22-24-38(25-23-37)36-20-13-21-42(29-26-36)47(32-11-4-12-33-47)43-30-27-40(28-31-43)45-34-44(39-16-7-2-8-17-39)48-46(49-45)41-18-9-3-10-19-41/h1-3,5-10,14-25,27-28,30-31,34H,4,11-13,32-33H2. The van der Waals surface area contributed by atoms with E-state index in [0.29, 0.717) is 0 Å². The molecular weight excluding hydrogens is 593 g/mol. The first-order chi connectivity index (χ1) is 24.2. The molecule has 1 aromatic heterocycles. The first-order valence-electron chi connectivity index (χ1n) is 17.4. The number of hydrogen-bond donors (Lipinski definition) is 0. The number of rotatable bonds is 7. The van der Waals surface area contributed by atoms with Crippen LogP contribution in [0.2, 0.25) is 0 Å². The zero-order valence-corrected chi connectivity index (χ0v) is 27.6. The van der Waals surface area contributed by atoms with Gasteiger partial charge in [-0.25, -0.2) is 9.97 Å². The van der Waals surface area contributed by atoms with Crippen LogP contribution in [0.4, 0.5) is 0 Å². The van der Waals surface area contributed by atoms with Crippen LogP contribution in [0, 0.1) is 11.8 Å².